The Balaban J connectivity index is 1.48. The van der Waals surface area contributed by atoms with Gasteiger partial charge in [-0.3, -0.25) is 9.59 Å². The van der Waals surface area contributed by atoms with Crippen molar-refractivity contribution in [1.29, 1.82) is 0 Å². The van der Waals surface area contributed by atoms with E-state index in [1.165, 1.54) is 0 Å². The van der Waals surface area contributed by atoms with E-state index < -0.39 is 12.1 Å². The first-order valence-electron chi connectivity index (χ1n) is 7.84. The number of aromatic amines is 2. The molecule has 2 atom stereocenters. The highest BCUT2D eigenvalue weighted by Gasteiger charge is 2.34. The molecule has 3 heterocycles. The fourth-order valence-electron chi connectivity index (χ4n) is 3.10. The summed E-state index contributed by atoms with van der Waals surface area (Å²) < 4.78 is 0. The van der Waals surface area contributed by atoms with E-state index >= 15 is 0 Å². The van der Waals surface area contributed by atoms with Crippen molar-refractivity contribution in [1.82, 2.24) is 25.6 Å². The van der Waals surface area contributed by atoms with Crippen LogP contribution in [0.2, 0.25) is 0 Å². The normalized spacial score (nSPS) is 20.8. The molecule has 0 saturated carbocycles. The maximum atomic E-state index is 12.4. The van der Waals surface area contributed by atoms with Gasteiger partial charge in [-0.25, -0.2) is 4.98 Å². The van der Waals surface area contributed by atoms with Crippen LogP contribution in [0.4, 0.5) is 0 Å². The van der Waals surface area contributed by atoms with Gasteiger partial charge < -0.3 is 20.6 Å². The van der Waals surface area contributed by atoms with Gasteiger partial charge >= 0.3 is 0 Å². The average molecular weight is 323 g/mol. The summed E-state index contributed by atoms with van der Waals surface area (Å²) in [7, 11) is 0. The number of rotatable bonds is 4. The fraction of sp³-hybridized carbons (Fsp3) is 0.235. The summed E-state index contributed by atoms with van der Waals surface area (Å²) in [5, 5.41) is 6.71. The van der Waals surface area contributed by atoms with Crippen LogP contribution in [0.15, 0.2) is 43.0 Å². The molecule has 2 amide bonds. The molecule has 1 aliphatic heterocycles. The number of hydrogen-bond acceptors (Lipinski definition) is 3. The number of nitrogens with one attached hydrogen (secondary N) is 4. The van der Waals surface area contributed by atoms with Crippen LogP contribution in [0.1, 0.15) is 11.3 Å². The van der Waals surface area contributed by atoms with Crippen molar-refractivity contribution in [2.45, 2.75) is 24.9 Å². The average Bonchev–Trinajstić information content (AvgIpc) is 3.22. The monoisotopic (exact) mass is 323 g/mol. The number of fused-ring (bicyclic) bond motifs is 1. The predicted octanol–water partition coefficient (Wildman–Crippen LogP) is 0.659. The van der Waals surface area contributed by atoms with Gasteiger partial charge in [0.25, 0.3) is 0 Å². The molecular weight excluding hydrogens is 306 g/mol. The Kier molecular flexibility index (Phi) is 3.53. The van der Waals surface area contributed by atoms with Gasteiger partial charge in [-0.1, -0.05) is 18.2 Å². The number of para-hydroxylation sites is 1. The lowest BCUT2D eigenvalue weighted by atomic mass is 10.00. The zero-order valence-corrected chi connectivity index (χ0v) is 12.9. The van der Waals surface area contributed by atoms with Crippen LogP contribution in [0.5, 0.6) is 0 Å². The van der Waals surface area contributed by atoms with Crippen molar-refractivity contribution < 1.29 is 9.59 Å². The second-order valence-corrected chi connectivity index (χ2v) is 5.97. The summed E-state index contributed by atoms with van der Waals surface area (Å²) in [4.78, 5) is 34.7. The topological polar surface area (TPSA) is 103 Å². The molecule has 1 saturated heterocycles. The molecular formula is C17H17N5O2. The van der Waals surface area contributed by atoms with E-state index in [0.717, 1.165) is 22.2 Å². The number of nitrogens with zero attached hydrogens (tertiary/aromatic N) is 1. The van der Waals surface area contributed by atoms with E-state index in [1.807, 2.05) is 30.5 Å². The number of H-pyrrole nitrogens is 2. The van der Waals surface area contributed by atoms with Gasteiger partial charge in [0.1, 0.15) is 12.1 Å². The number of carbonyl (C=O) groups excluding carboxylic acids is 2. The van der Waals surface area contributed by atoms with E-state index in [1.54, 1.807) is 12.5 Å². The number of imidazole rings is 1. The lowest BCUT2D eigenvalue weighted by Gasteiger charge is -2.29. The fourth-order valence-corrected chi connectivity index (χ4v) is 3.10. The number of aromatic nitrogens is 3. The first kappa shape index (κ1) is 14.5. The number of piperazine rings is 1. The molecule has 7 heteroatoms. The van der Waals surface area contributed by atoms with Crippen LogP contribution in [0.3, 0.4) is 0 Å². The van der Waals surface area contributed by atoms with Gasteiger partial charge in [-0.05, 0) is 11.6 Å². The first-order chi connectivity index (χ1) is 11.7. The lowest BCUT2D eigenvalue weighted by Crippen LogP contribution is -2.62. The highest BCUT2D eigenvalue weighted by molar-refractivity contribution is 5.97. The molecule has 1 fully saturated rings. The predicted molar refractivity (Wildman–Crippen MR) is 88.2 cm³/mol. The summed E-state index contributed by atoms with van der Waals surface area (Å²) in [5.74, 6) is -0.335. The van der Waals surface area contributed by atoms with E-state index in [9.17, 15) is 9.59 Å². The van der Waals surface area contributed by atoms with Crippen LogP contribution in [0, 0.1) is 0 Å². The zero-order chi connectivity index (χ0) is 16.5. The quantitative estimate of drug-likeness (QED) is 0.567. The molecule has 122 valence electrons. The Morgan fingerprint density at radius 3 is 2.46 bits per heavy atom. The van der Waals surface area contributed by atoms with Gasteiger partial charge in [0.2, 0.25) is 11.8 Å². The van der Waals surface area contributed by atoms with Crippen LogP contribution >= 0.6 is 0 Å². The Labute approximate surface area is 137 Å². The number of hydrogen-bond donors (Lipinski definition) is 4. The molecule has 1 aromatic carbocycles. The maximum Gasteiger partial charge on any atom is 0.243 e. The van der Waals surface area contributed by atoms with Crippen molar-refractivity contribution in [3.05, 3.63) is 54.2 Å². The van der Waals surface area contributed by atoms with Crippen LogP contribution in [0.25, 0.3) is 10.9 Å². The maximum absolute atomic E-state index is 12.4. The molecule has 0 bridgehead atoms. The Morgan fingerprint density at radius 1 is 0.958 bits per heavy atom. The van der Waals surface area contributed by atoms with Gasteiger partial charge in [0.15, 0.2) is 0 Å². The molecule has 0 aliphatic carbocycles. The summed E-state index contributed by atoms with van der Waals surface area (Å²) >= 11 is 0. The minimum absolute atomic E-state index is 0.163. The van der Waals surface area contributed by atoms with Crippen molar-refractivity contribution in [3.63, 3.8) is 0 Å². The minimum atomic E-state index is -0.572. The van der Waals surface area contributed by atoms with Gasteiger partial charge in [0.05, 0.1) is 6.33 Å². The number of benzene rings is 1. The lowest BCUT2D eigenvalue weighted by molar-refractivity contribution is -0.136. The smallest absolute Gasteiger partial charge is 0.243 e. The molecule has 0 unspecified atom stereocenters. The molecule has 0 radical (unpaired) electrons. The minimum Gasteiger partial charge on any atom is -0.361 e. The van der Waals surface area contributed by atoms with Gasteiger partial charge in [-0.15, -0.1) is 0 Å². The molecule has 4 N–H and O–H groups in total. The van der Waals surface area contributed by atoms with Crippen molar-refractivity contribution in [3.8, 4) is 0 Å². The molecule has 24 heavy (non-hydrogen) atoms. The third kappa shape index (κ3) is 2.64. The summed E-state index contributed by atoms with van der Waals surface area (Å²) in [6.07, 6.45) is 5.95. The van der Waals surface area contributed by atoms with E-state index in [0.29, 0.717) is 12.8 Å². The van der Waals surface area contributed by atoms with Crippen LogP contribution < -0.4 is 10.6 Å². The standard InChI is InChI=1S/C17H17N5O2/c23-16-14(5-10-7-19-13-4-2-1-3-12(10)13)21-17(24)15(22-16)6-11-8-18-9-20-11/h1-4,7-9,14-15,19H,5-6H2,(H,18,20)(H,21,24)(H,22,23)/t14-,15+/m1/s1. The van der Waals surface area contributed by atoms with E-state index in [-0.39, 0.29) is 11.8 Å². The van der Waals surface area contributed by atoms with Crippen LogP contribution in [-0.2, 0) is 22.4 Å². The van der Waals surface area contributed by atoms with Gasteiger partial charge in [-0.2, -0.15) is 0 Å². The highest BCUT2D eigenvalue weighted by atomic mass is 16.2. The Morgan fingerprint density at radius 2 is 1.71 bits per heavy atom. The third-order valence-corrected chi connectivity index (χ3v) is 4.34. The largest absolute Gasteiger partial charge is 0.361 e. The highest BCUT2D eigenvalue weighted by Crippen LogP contribution is 2.20. The zero-order valence-electron chi connectivity index (χ0n) is 12.9. The molecule has 3 aromatic rings. The van der Waals surface area contributed by atoms with E-state index in [4.69, 9.17) is 0 Å². The summed E-state index contributed by atoms with van der Waals surface area (Å²) in [6, 6.07) is 6.77. The second-order valence-electron chi connectivity index (χ2n) is 5.97. The molecule has 0 spiro atoms. The van der Waals surface area contributed by atoms with Crippen LogP contribution in [-0.4, -0.2) is 38.8 Å². The molecule has 1 aliphatic rings. The third-order valence-electron chi connectivity index (χ3n) is 4.34. The number of amides is 2. The molecule has 4 rings (SSSR count). The Bertz CT molecular complexity index is 883. The van der Waals surface area contributed by atoms with E-state index in [2.05, 4.69) is 25.6 Å². The molecule has 7 nitrogen and oxygen atoms in total. The first-order valence-corrected chi connectivity index (χ1v) is 7.84. The van der Waals surface area contributed by atoms with Gasteiger partial charge in [0, 0.05) is 41.8 Å². The number of carbonyl (C=O) groups is 2. The van der Waals surface area contributed by atoms with Crippen molar-refractivity contribution in [2.24, 2.45) is 0 Å². The summed E-state index contributed by atoms with van der Waals surface area (Å²) in [5.41, 5.74) is 2.84. The molecule has 2 aromatic heterocycles. The second kappa shape index (κ2) is 5.84. The SMILES string of the molecule is O=C1N[C@H](Cc2c[nH]c3ccccc23)C(=O)N[C@H]1Cc1cnc[nH]1. The van der Waals surface area contributed by atoms with Crippen molar-refractivity contribution in [2.75, 3.05) is 0 Å². The summed E-state index contributed by atoms with van der Waals surface area (Å²) in [6.45, 7) is 0. The Hall–Kier alpha value is -3.09. The van der Waals surface area contributed by atoms with Crippen molar-refractivity contribution >= 4 is 22.7 Å².